The van der Waals surface area contributed by atoms with Crippen LogP contribution in [0.25, 0.3) is 0 Å². The quantitative estimate of drug-likeness (QED) is 0.825. The molecule has 0 saturated heterocycles. The number of benzene rings is 1. The minimum absolute atomic E-state index is 0.262. The molecule has 0 aliphatic carbocycles. The Bertz CT molecular complexity index is 559. The largest absolute Gasteiger partial charge is 0.451 e. The minimum Gasteiger partial charge on any atom is -0.451 e. The molecule has 0 aliphatic heterocycles. The Morgan fingerprint density at radius 3 is 2.47 bits per heavy atom. The molecule has 0 atom stereocenters. The summed E-state index contributed by atoms with van der Waals surface area (Å²) in [6.07, 6.45) is 0.262. The van der Waals surface area contributed by atoms with E-state index in [1.54, 1.807) is 0 Å². The monoisotopic (exact) mass is 386 g/mol. The van der Waals surface area contributed by atoms with E-state index in [2.05, 4.69) is 37.2 Å². The highest BCUT2D eigenvalue weighted by atomic mass is 79.9. The maximum atomic E-state index is 10.8. The molecule has 2 rings (SSSR count). The number of nitrogens with one attached hydrogen (secondary N) is 1. The lowest BCUT2D eigenvalue weighted by Gasteiger charge is -2.05. The normalized spacial score (nSPS) is 10.4. The number of rotatable bonds is 5. The number of primary amides is 1. The fraction of sp³-hybridized carbons (Fsp3) is 0.154. The van der Waals surface area contributed by atoms with Gasteiger partial charge in [-0.2, -0.15) is 0 Å². The van der Waals surface area contributed by atoms with E-state index in [-0.39, 0.29) is 12.3 Å². The zero-order chi connectivity index (χ0) is 13.8. The Morgan fingerprint density at radius 2 is 1.95 bits per heavy atom. The van der Waals surface area contributed by atoms with Crippen LogP contribution < -0.4 is 11.1 Å². The van der Waals surface area contributed by atoms with Crippen LogP contribution >= 0.6 is 31.9 Å². The molecular weight excluding hydrogens is 376 g/mol. The number of furan rings is 1. The predicted octanol–water partition coefficient (Wildman–Crippen LogP) is 3.44. The average molecular weight is 388 g/mol. The first-order valence-electron chi connectivity index (χ1n) is 5.59. The van der Waals surface area contributed by atoms with E-state index in [9.17, 15) is 4.79 Å². The van der Waals surface area contributed by atoms with Gasteiger partial charge in [0.05, 0.1) is 17.4 Å². The van der Waals surface area contributed by atoms with Crippen molar-refractivity contribution >= 4 is 43.5 Å². The molecule has 1 heterocycles. The number of halogens is 2. The fourth-order valence-electron chi connectivity index (χ4n) is 1.61. The Balaban J connectivity index is 1.94. The fourth-order valence-corrected chi connectivity index (χ4v) is 2.27. The van der Waals surface area contributed by atoms with Crippen LogP contribution in [0.4, 0.5) is 5.69 Å². The molecule has 1 amide bonds. The summed E-state index contributed by atoms with van der Waals surface area (Å²) in [6, 6.07) is 9.47. The SMILES string of the molecule is NC(=O)Cc1ccc(NCc2cc(Br)c(Br)o2)cc1. The van der Waals surface area contributed by atoms with E-state index >= 15 is 0 Å². The first kappa shape index (κ1) is 14.1. The molecule has 0 spiro atoms. The third-order valence-corrected chi connectivity index (χ3v) is 4.21. The summed E-state index contributed by atoms with van der Waals surface area (Å²) in [7, 11) is 0. The Kier molecular flexibility index (Phi) is 4.66. The van der Waals surface area contributed by atoms with Crippen molar-refractivity contribution in [3.8, 4) is 0 Å². The topological polar surface area (TPSA) is 68.3 Å². The van der Waals surface area contributed by atoms with Gasteiger partial charge >= 0.3 is 0 Å². The van der Waals surface area contributed by atoms with E-state index in [0.717, 1.165) is 21.5 Å². The van der Waals surface area contributed by atoms with Crippen LogP contribution in [0.5, 0.6) is 0 Å². The smallest absolute Gasteiger partial charge is 0.221 e. The summed E-state index contributed by atoms with van der Waals surface area (Å²) in [5, 5.41) is 3.23. The Labute approximate surface area is 127 Å². The molecule has 100 valence electrons. The second-order valence-corrected chi connectivity index (χ2v) is 5.60. The molecule has 19 heavy (non-hydrogen) atoms. The van der Waals surface area contributed by atoms with E-state index in [1.165, 1.54) is 0 Å². The molecule has 0 bridgehead atoms. The molecule has 2 aromatic rings. The number of hydrogen-bond acceptors (Lipinski definition) is 3. The van der Waals surface area contributed by atoms with Gasteiger partial charge in [-0.3, -0.25) is 4.79 Å². The second-order valence-electron chi connectivity index (χ2n) is 4.03. The maximum absolute atomic E-state index is 10.8. The van der Waals surface area contributed by atoms with Crippen molar-refractivity contribution in [2.45, 2.75) is 13.0 Å². The summed E-state index contributed by atoms with van der Waals surface area (Å²) in [4.78, 5) is 10.8. The highest BCUT2D eigenvalue weighted by Gasteiger charge is 2.05. The molecule has 1 aromatic heterocycles. The summed E-state index contributed by atoms with van der Waals surface area (Å²) >= 11 is 6.65. The molecule has 1 aromatic carbocycles. The minimum atomic E-state index is -0.328. The summed E-state index contributed by atoms with van der Waals surface area (Å²) in [6.45, 7) is 0.583. The predicted molar refractivity (Wildman–Crippen MR) is 80.8 cm³/mol. The summed E-state index contributed by atoms with van der Waals surface area (Å²) in [5.41, 5.74) is 7.00. The van der Waals surface area contributed by atoms with Gasteiger partial charge in [-0.1, -0.05) is 12.1 Å². The van der Waals surface area contributed by atoms with Crippen molar-refractivity contribution in [1.29, 1.82) is 0 Å². The molecule has 0 aliphatic rings. The van der Waals surface area contributed by atoms with Crippen molar-refractivity contribution in [2.24, 2.45) is 5.73 Å². The number of hydrogen-bond donors (Lipinski definition) is 2. The molecule has 3 N–H and O–H groups in total. The van der Waals surface area contributed by atoms with Crippen LogP contribution in [-0.2, 0) is 17.8 Å². The zero-order valence-corrected chi connectivity index (χ0v) is 13.1. The first-order chi connectivity index (χ1) is 9.04. The highest BCUT2D eigenvalue weighted by Crippen LogP contribution is 2.27. The van der Waals surface area contributed by atoms with Gasteiger partial charge in [0, 0.05) is 5.69 Å². The average Bonchev–Trinajstić information content (AvgIpc) is 2.67. The first-order valence-corrected chi connectivity index (χ1v) is 7.18. The number of carbonyl (C=O) groups excluding carboxylic acids is 1. The number of anilines is 1. The summed E-state index contributed by atoms with van der Waals surface area (Å²) < 4.78 is 7.03. The van der Waals surface area contributed by atoms with E-state index in [4.69, 9.17) is 10.2 Å². The van der Waals surface area contributed by atoms with Crippen molar-refractivity contribution in [1.82, 2.24) is 0 Å². The van der Waals surface area contributed by atoms with Crippen LogP contribution in [0.15, 0.2) is 43.9 Å². The van der Waals surface area contributed by atoms with Crippen molar-refractivity contribution in [3.05, 3.63) is 50.8 Å². The van der Waals surface area contributed by atoms with Crippen LogP contribution in [-0.4, -0.2) is 5.91 Å². The van der Waals surface area contributed by atoms with Crippen molar-refractivity contribution in [3.63, 3.8) is 0 Å². The van der Waals surface area contributed by atoms with Gasteiger partial charge in [-0.25, -0.2) is 0 Å². The molecule has 4 nitrogen and oxygen atoms in total. The molecule has 0 saturated carbocycles. The maximum Gasteiger partial charge on any atom is 0.221 e. The van der Waals surface area contributed by atoms with Gasteiger partial charge in [-0.05, 0) is 55.6 Å². The van der Waals surface area contributed by atoms with Gasteiger partial charge in [-0.15, -0.1) is 0 Å². The third kappa shape index (κ3) is 4.11. The van der Waals surface area contributed by atoms with Gasteiger partial charge in [0.2, 0.25) is 5.91 Å². The molecule has 6 heteroatoms. The van der Waals surface area contributed by atoms with Crippen LogP contribution in [0.1, 0.15) is 11.3 Å². The lowest BCUT2D eigenvalue weighted by Crippen LogP contribution is -2.13. The lowest BCUT2D eigenvalue weighted by molar-refractivity contribution is -0.117. The lowest BCUT2D eigenvalue weighted by atomic mass is 10.1. The van der Waals surface area contributed by atoms with Crippen LogP contribution in [0.3, 0.4) is 0 Å². The van der Waals surface area contributed by atoms with Gasteiger partial charge in [0.25, 0.3) is 0 Å². The van der Waals surface area contributed by atoms with Gasteiger partial charge in [0.1, 0.15) is 5.76 Å². The van der Waals surface area contributed by atoms with Crippen LogP contribution in [0.2, 0.25) is 0 Å². The Morgan fingerprint density at radius 1 is 1.26 bits per heavy atom. The standard InChI is InChI=1S/C13H12Br2N2O2/c14-11-6-10(19-13(11)15)7-17-9-3-1-8(2-4-9)5-12(16)18/h1-4,6,17H,5,7H2,(H2,16,18). The van der Waals surface area contributed by atoms with E-state index in [1.807, 2.05) is 30.3 Å². The third-order valence-electron chi connectivity index (χ3n) is 2.50. The van der Waals surface area contributed by atoms with Crippen LogP contribution in [0, 0.1) is 0 Å². The van der Waals surface area contributed by atoms with Gasteiger partial charge < -0.3 is 15.5 Å². The molecule has 0 unspecified atom stereocenters. The van der Waals surface area contributed by atoms with E-state index < -0.39 is 0 Å². The van der Waals surface area contributed by atoms with Crippen molar-refractivity contribution in [2.75, 3.05) is 5.32 Å². The number of nitrogens with two attached hydrogens (primary N) is 1. The van der Waals surface area contributed by atoms with E-state index in [0.29, 0.717) is 11.2 Å². The molecule has 0 fully saturated rings. The highest BCUT2D eigenvalue weighted by molar-refractivity contribution is 9.13. The number of amides is 1. The zero-order valence-electron chi connectivity index (χ0n) is 9.95. The van der Waals surface area contributed by atoms with Gasteiger partial charge in [0.15, 0.2) is 4.67 Å². The summed E-state index contributed by atoms with van der Waals surface area (Å²) in [5.74, 6) is 0.492. The second kappa shape index (κ2) is 6.25. The molecule has 0 radical (unpaired) electrons. The number of carbonyl (C=O) groups is 1. The van der Waals surface area contributed by atoms with Crippen molar-refractivity contribution < 1.29 is 9.21 Å². The Hall–Kier alpha value is -1.27. The molecular formula is C13H12Br2N2O2.